The Labute approximate surface area is 172 Å². The van der Waals surface area contributed by atoms with E-state index in [9.17, 15) is 9.59 Å². The van der Waals surface area contributed by atoms with Crippen LogP contribution in [0.3, 0.4) is 0 Å². The van der Waals surface area contributed by atoms with Crippen LogP contribution >= 0.6 is 23.1 Å². The maximum absolute atomic E-state index is 13.3. The van der Waals surface area contributed by atoms with Gasteiger partial charge in [-0.15, -0.1) is 11.3 Å². The SMILES string of the molecule is Cc1sc2nc(SCC(=O)Nc3ccccc3)n(C3CCCC3)c(=O)c2c1C. The van der Waals surface area contributed by atoms with Gasteiger partial charge in [0, 0.05) is 16.6 Å². The summed E-state index contributed by atoms with van der Waals surface area (Å²) in [4.78, 5) is 32.4. The Morgan fingerprint density at radius 2 is 1.96 bits per heavy atom. The lowest BCUT2D eigenvalue weighted by Crippen LogP contribution is -2.27. The van der Waals surface area contributed by atoms with E-state index in [1.807, 2.05) is 48.7 Å². The van der Waals surface area contributed by atoms with Crippen LogP contribution in [0.1, 0.15) is 42.2 Å². The summed E-state index contributed by atoms with van der Waals surface area (Å²) in [5, 5.41) is 4.30. The Bertz CT molecular complexity index is 1070. The van der Waals surface area contributed by atoms with Crippen LogP contribution in [0, 0.1) is 13.8 Å². The molecule has 0 radical (unpaired) electrons. The standard InChI is InChI=1S/C21H23N3O2S2/c1-13-14(2)28-19-18(13)20(26)24(16-10-6-7-11-16)21(23-19)27-12-17(25)22-15-8-4-3-5-9-15/h3-5,8-9,16H,6-7,10-12H2,1-2H3,(H,22,25). The highest BCUT2D eigenvalue weighted by atomic mass is 32.2. The fourth-order valence-corrected chi connectivity index (χ4v) is 5.66. The number of carbonyl (C=O) groups excluding carboxylic acids is 1. The van der Waals surface area contributed by atoms with Crippen LogP contribution in [-0.2, 0) is 4.79 Å². The van der Waals surface area contributed by atoms with Gasteiger partial charge in [0.1, 0.15) is 4.83 Å². The minimum Gasteiger partial charge on any atom is -0.325 e. The van der Waals surface area contributed by atoms with Crippen molar-refractivity contribution < 1.29 is 4.79 Å². The van der Waals surface area contributed by atoms with Gasteiger partial charge in [-0.1, -0.05) is 42.8 Å². The summed E-state index contributed by atoms with van der Waals surface area (Å²) in [6.07, 6.45) is 4.27. The number of aryl methyl sites for hydroxylation is 2. The van der Waals surface area contributed by atoms with E-state index in [0.29, 0.717) is 5.16 Å². The van der Waals surface area contributed by atoms with Crippen LogP contribution in [0.15, 0.2) is 40.3 Å². The third-order valence-corrected chi connectivity index (χ3v) is 7.34. The number of thiophene rings is 1. The van der Waals surface area contributed by atoms with Gasteiger partial charge in [-0.3, -0.25) is 14.2 Å². The minimum absolute atomic E-state index is 0.0460. The molecule has 5 nitrogen and oxygen atoms in total. The molecule has 1 aliphatic rings. The zero-order valence-electron chi connectivity index (χ0n) is 16.0. The summed E-state index contributed by atoms with van der Waals surface area (Å²) in [5.74, 6) is 0.130. The van der Waals surface area contributed by atoms with Crippen molar-refractivity contribution in [2.45, 2.75) is 50.7 Å². The average Bonchev–Trinajstić information content (AvgIpc) is 3.30. The molecule has 28 heavy (non-hydrogen) atoms. The lowest BCUT2D eigenvalue weighted by Gasteiger charge is -2.18. The number of para-hydroxylation sites is 1. The van der Waals surface area contributed by atoms with Gasteiger partial charge < -0.3 is 5.32 Å². The molecule has 0 saturated heterocycles. The van der Waals surface area contributed by atoms with Crippen LogP contribution in [0.4, 0.5) is 5.69 Å². The number of hydrogen-bond donors (Lipinski definition) is 1. The first-order valence-corrected chi connectivity index (χ1v) is 11.3. The number of benzene rings is 1. The number of aromatic nitrogens is 2. The van der Waals surface area contributed by atoms with E-state index >= 15 is 0 Å². The first kappa shape index (κ1) is 19.2. The summed E-state index contributed by atoms with van der Waals surface area (Å²) in [7, 11) is 0. The maximum Gasteiger partial charge on any atom is 0.263 e. The second-order valence-corrected chi connectivity index (χ2v) is 9.32. The Balaban J connectivity index is 1.64. The van der Waals surface area contributed by atoms with E-state index in [4.69, 9.17) is 4.98 Å². The van der Waals surface area contributed by atoms with Crippen molar-refractivity contribution in [2.24, 2.45) is 0 Å². The van der Waals surface area contributed by atoms with E-state index in [1.54, 1.807) is 11.3 Å². The summed E-state index contributed by atoms with van der Waals surface area (Å²) < 4.78 is 1.86. The van der Waals surface area contributed by atoms with Crippen molar-refractivity contribution in [2.75, 3.05) is 11.1 Å². The number of rotatable bonds is 5. The predicted molar refractivity (Wildman–Crippen MR) is 117 cm³/mol. The van der Waals surface area contributed by atoms with Crippen LogP contribution in [0.25, 0.3) is 10.2 Å². The van der Waals surface area contributed by atoms with Crippen molar-refractivity contribution in [3.63, 3.8) is 0 Å². The predicted octanol–water partition coefficient (Wildman–Crippen LogP) is 4.92. The van der Waals surface area contributed by atoms with Crippen molar-refractivity contribution in [1.29, 1.82) is 0 Å². The van der Waals surface area contributed by atoms with Gasteiger partial charge >= 0.3 is 0 Å². The Morgan fingerprint density at radius 3 is 2.68 bits per heavy atom. The van der Waals surface area contributed by atoms with E-state index in [2.05, 4.69) is 5.32 Å². The molecule has 0 aliphatic heterocycles. The summed E-state index contributed by atoms with van der Waals surface area (Å²) in [6, 6.07) is 9.59. The van der Waals surface area contributed by atoms with Gasteiger partial charge in [0.2, 0.25) is 5.91 Å². The van der Waals surface area contributed by atoms with E-state index in [-0.39, 0.29) is 23.3 Å². The molecule has 4 rings (SSSR count). The van der Waals surface area contributed by atoms with E-state index in [0.717, 1.165) is 52.0 Å². The third kappa shape index (κ3) is 3.73. The van der Waals surface area contributed by atoms with Crippen LogP contribution in [0.2, 0.25) is 0 Å². The molecule has 2 aromatic heterocycles. The highest BCUT2D eigenvalue weighted by Crippen LogP contribution is 2.34. The first-order chi connectivity index (χ1) is 13.5. The van der Waals surface area contributed by atoms with Crippen LogP contribution < -0.4 is 10.9 Å². The molecule has 7 heteroatoms. The number of fused-ring (bicyclic) bond motifs is 1. The molecule has 146 valence electrons. The molecule has 0 spiro atoms. The summed E-state index contributed by atoms with van der Waals surface area (Å²) in [6.45, 7) is 4.03. The lowest BCUT2D eigenvalue weighted by atomic mass is 10.2. The summed E-state index contributed by atoms with van der Waals surface area (Å²) >= 11 is 2.91. The normalized spacial score (nSPS) is 14.6. The molecular weight excluding hydrogens is 390 g/mol. The van der Waals surface area contributed by atoms with Gasteiger partial charge in [0.15, 0.2) is 5.16 Å². The molecule has 1 fully saturated rings. The highest BCUT2D eigenvalue weighted by molar-refractivity contribution is 7.99. The van der Waals surface area contributed by atoms with Crippen LogP contribution in [0.5, 0.6) is 0 Å². The average molecular weight is 414 g/mol. The number of amides is 1. The number of carbonyl (C=O) groups is 1. The number of nitrogens with zero attached hydrogens (tertiary/aromatic N) is 2. The van der Waals surface area contributed by atoms with Gasteiger partial charge in [-0.05, 0) is 44.4 Å². The van der Waals surface area contributed by atoms with Gasteiger partial charge in [-0.25, -0.2) is 4.98 Å². The highest BCUT2D eigenvalue weighted by Gasteiger charge is 2.25. The molecule has 1 saturated carbocycles. The fraction of sp³-hybridized carbons (Fsp3) is 0.381. The van der Waals surface area contributed by atoms with Crippen molar-refractivity contribution in [1.82, 2.24) is 9.55 Å². The Kier molecular flexibility index (Phi) is 5.55. The molecule has 2 heterocycles. The number of thioether (sulfide) groups is 1. The second kappa shape index (κ2) is 8.09. The van der Waals surface area contributed by atoms with Crippen molar-refractivity contribution in [3.05, 3.63) is 51.1 Å². The van der Waals surface area contributed by atoms with Crippen molar-refractivity contribution >= 4 is 44.9 Å². The van der Waals surface area contributed by atoms with E-state index in [1.165, 1.54) is 11.8 Å². The topological polar surface area (TPSA) is 64.0 Å². The molecule has 0 atom stereocenters. The smallest absolute Gasteiger partial charge is 0.263 e. The zero-order valence-corrected chi connectivity index (χ0v) is 17.7. The number of nitrogens with one attached hydrogen (secondary N) is 1. The van der Waals surface area contributed by atoms with Gasteiger partial charge in [0.25, 0.3) is 5.56 Å². The Hall–Kier alpha value is -2.12. The quantitative estimate of drug-likeness (QED) is 0.476. The van der Waals surface area contributed by atoms with Gasteiger partial charge in [0.05, 0.1) is 11.1 Å². The summed E-state index contributed by atoms with van der Waals surface area (Å²) in [5.41, 5.74) is 1.85. The van der Waals surface area contributed by atoms with Gasteiger partial charge in [-0.2, -0.15) is 0 Å². The number of anilines is 1. The van der Waals surface area contributed by atoms with Crippen molar-refractivity contribution in [3.8, 4) is 0 Å². The molecule has 0 unspecified atom stereocenters. The maximum atomic E-state index is 13.3. The second-order valence-electron chi connectivity index (χ2n) is 7.17. The molecule has 1 aliphatic carbocycles. The Morgan fingerprint density at radius 1 is 1.25 bits per heavy atom. The third-order valence-electron chi connectivity index (χ3n) is 5.28. The zero-order chi connectivity index (χ0) is 19.7. The molecular formula is C21H23N3O2S2. The lowest BCUT2D eigenvalue weighted by molar-refractivity contribution is -0.113. The van der Waals surface area contributed by atoms with E-state index < -0.39 is 0 Å². The minimum atomic E-state index is -0.0953. The molecule has 1 amide bonds. The first-order valence-electron chi connectivity index (χ1n) is 9.54. The number of hydrogen-bond acceptors (Lipinski definition) is 5. The molecule has 1 N–H and O–H groups in total. The van der Waals surface area contributed by atoms with Crippen LogP contribution in [-0.4, -0.2) is 21.2 Å². The monoisotopic (exact) mass is 413 g/mol. The molecule has 1 aromatic carbocycles. The molecule has 0 bridgehead atoms. The fourth-order valence-electron chi connectivity index (χ4n) is 3.72. The largest absolute Gasteiger partial charge is 0.325 e. The molecule has 3 aromatic rings.